The van der Waals surface area contributed by atoms with Crippen molar-refractivity contribution in [2.75, 3.05) is 0 Å². The van der Waals surface area contributed by atoms with Crippen molar-refractivity contribution in [3.8, 4) is 5.88 Å². The summed E-state index contributed by atoms with van der Waals surface area (Å²) in [5.74, 6) is 0.537. The molecule has 2 rings (SSSR count). The lowest BCUT2D eigenvalue weighted by atomic mass is 10.2. The van der Waals surface area contributed by atoms with Gasteiger partial charge in [-0.2, -0.15) is 0 Å². The molecule has 1 aromatic carbocycles. The zero-order chi connectivity index (χ0) is 11.2. The smallest absolute Gasteiger partial charge is 0.213 e. The van der Waals surface area contributed by atoms with E-state index >= 15 is 0 Å². The highest BCUT2D eigenvalue weighted by Gasteiger charge is 1.98. The quantitative estimate of drug-likeness (QED) is 0.849. The van der Waals surface area contributed by atoms with Gasteiger partial charge in [0.05, 0.1) is 12.3 Å². The van der Waals surface area contributed by atoms with E-state index in [4.69, 9.17) is 9.84 Å². The number of benzene rings is 1. The Morgan fingerprint density at radius 2 is 1.81 bits per heavy atom. The second-order valence-corrected chi connectivity index (χ2v) is 3.40. The molecule has 16 heavy (non-hydrogen) atoms. The second kappa shape index (κ2) is 5.28. The summed E-state index contributed by atoms with van der Waals surface area (Å²) in [5, 5.41) is 8.93. The Balaban J connectivity index is 1.99. The molecule has 0 saturated carbocycles. The third kappa shape index (κ3) is 2.81. The number of hydrogen-bond donors (Lipinski definition) is 1. The number of aliphatic hydroxyl groups excluding tert-OH is 1. The van der Waals surface area contributed by atoms with Crippen LogP contribution in [-0.2, 0) is 13.2 Å². The summed E-state index contributed by atoms with van der Waals surface area (Å²) in [5.41, 5.74) is 1.71. The van der Waals surface area contributed by atoms with E-state index in [1.54, 1.807) is 12.1 Å². The van der Waals surface area contributed by atoms with E-state index in [0.29, 0.717) is 18.2 Å². The van der Waals surface area contributed by atoms with E-state index in [1.165, 1.54) is 0 Å². The van der Waals surface area contributed by atoms with E-state index in [0.717, 1.165) is 5.56 Å². The van der Waals surface area contributed by atoms with Crippen LogP contribution in [-0.4, -0.2) is 10.1 Å². The molecule has 0 saturated heterocycles. The van der Waals surface area contributed by atoms with E-state index < -0.39 is 0 Å². The van der Waals surface area contributed by atoms with E-state index in [-0.39, 0.29) is 6.61 Å². The highest BCUT2D eigenvalue weighted by atomic mass is 16.5. The van der Waals surface area contributed by atoms with Crippen molar-refractivity contribution in [3.05, 3.63) is 59.8 Å². The molecule has 2 aromatic rings. The highest BCUT2D eigenvalue weighted by molar-refractivity contribution is 5.17. The lowest BCUT2D eigenvalue weighted by molar-refractivity contribution is 0.266. The van der Waals surface area contributed by atoms with Gasteiger partial charge in [0.15, 0.2) is 0 Å². The molecule has 1 aromatic heterocycles. The van der Waals surface area contributed by atoms with Crippen LogP contribution >= 0.6 is 0 Å². The van der Waals surface area contributed by atoms with E-state index in [9.17, 15) is 0 Å². The largest absolute Gasteiger partial charge is 0.473 e. The molecule has 0 amide bonds. The van der Waals surface area contributed by atoms with Crippen LogP contribution in [0.15, 0.2) is 48.5 Å². The summed E-state index contributed by atoms with van der Waals surface area (Å²) in [4.78, 5) is 4.13. The monoisotopic (exact) mass is 215 g/mol. The Morgan fingerprint density at radius 3 is 2.56 bits per heavy atom. The summed E-state index contributed by atoms with van der Waals surface area (Å²) in [6, 6.07) is 15.3. The zero-order valence-electron chi connectivity index (χ0n) is 8.84. The van der Waals surface area contributed by atoms with Gasteiger partial charge in [0.2, 0.25) is 5.88 Å². The van der Waals surface area contributed by atoms with Gasteiger partial charge < -0.3 is 9.84 Å². The molecule has 0 unspecified atom stereocenters. The molecule has 0 atom stereocenters. The van der Waals surface area contributed by atoms with Gasteiger partial charge >= 0.3 is 0 Å². The summed E-state index contributed by atoms with van der Waals surface area (Å²) in [6.07, 6.45) is 0. The topological polar surface area (TPSA) is 42.4 Å². The van der Waals surface area contributed by atoms with Crippen LogP contribution in [0.1, 0.15) is 11.3 Å². The fourth-order valence-corrected chi connectivity index (χ4v) is 1.36. The first-order valence-corrected chi connectivity index (χ1v) is 5.12. The van der Waals surface area contributed by atoms with Crippen LogP contribution in [0.5, 0.6) is 5.88 Å². The molecule has 3 heteroatoms. The van der Waals surface area contributed by atoms with Crippen molar-refractivity contribution in [1.29, 1.82) is 0 Å². The van der Waals surface area contributed by atoms with Crippen LogP contribution in [0.3, 0.4) is 0 Å². The molecule has 0 spiro atoms. The van der Waals surface area contributed by atoms with Crippen LogP contribution in [0.25, 0.3) is 0 Å². The maximum absolute atomic E-state index is 8.93. The lowest BCUT2D eigenvalue weighted by Crippen LogP contribution is -1.98. The molecule has 0 radical (unpaired) electrons. The predicted molar refractivity (Wildman–Crippen MR) is 60.9 cm³/mol. The average Bonchev–Trinajstić information content (AvgIpc) is 2.38. The van der Waals surface area contributed by atoms with Crippen LogP contribution < -0.4 is 4.74 Å². The third-order valence-corrected chi connectivity index (χ3v) is 2.17. The standard InChI is InChI=1S/C13H13NO2/c15-9-12-7-4-8-13(14-12)16-10-11-5-2-1-3-6-11/h1-8,15H,9-10H2. The van der Waals surface area contributed by atoms with Gasteiger partial charge in [-0.15, -0.1) is 0 Å². The summed E-state index contributed by atoms with van der Waals surface area (Å²) in [6.45, 7) is 0.422. The predicted octanol–water partition coefficient (Wildman–Crippen LogP) is 2.15. The molecule has 1 N–H and O–H groups in total. The van der Waals surface area contributed by atoms with Crippen molar-refractivity contribution in [2.45, 2.75) is 13.2 Å². The number of rotatable bonds is 4. The Labute approximate surface area is 94.3 Å². The zero-order valence-corrected chi connectivity index (χ0v) is 8.84. The van der Waals surface area contributed by atoms with Crippen molar-refractivity contribution in [2.24, 2.45) is 0 Å². The number of hydrogen-bond acceptors (Lipinski definition) is 3. The first-order valence-electron chi connectivity index (χ1n) is 5.12. The maximum Gasteiger partial charge on any atom is 0.213 e. The van der Waals surface area contributed by atoms with Crippen LogP contribution in [0.4, 0.5) is 0 Å². The van der Waals surface area contributed by atoms with Crippen molar-refractivity contribution in [3.63, 3.8) is 0 Å². The van der Waals surface area contributed by atoms with Gasteiger partial charge in [-0.3, -0.25) is 0 Å². The second-order valence-electron chi connectivity index (χ2n) is 3.40. The number of pyridine rings is 1. The van der Waals surface area contributed by atoms with Gasteiger partial charge in [-0.25, -0.2) is 4.98 Å². The van der Waals surface area contributed by atoms with Gasteiger partial charge in [0, 0.05) is 6.07 Å². The number of ether oxygens (including phenoxy) is 1. The average molecular weight is 215 g/mol. The molecule has 3 nitrogen and oxygen atoms in total. The molecule has 0 aliphatic carbocycles. The lowest BCUT2D eigenvalue weighted by Gasteiger charge is -2.05. The van der Waals surface area contributed by atoms with Gasteiger partial charge in [-0.05, 0) is 11.6 Å². The first kappa shape index (κ1) is 10.6. The normalized spacial score (nSPS) is 10.1. The molecule has 82 valence electrons. The van der Waals surface area contributed by atoms with Crippen LogP contribution in [0, 0.1) is 0 Å². The Morgan fingerprint density at radius 1 is 1.00 bits per heavy atom. The molecule has 1 heterocycles. The summed E-state index contributed by atoms with van der Waals surface area (Å²) >= 11 is 0. The summed E-state index contributed by atoms with van der Waals surface area (Å²) < 4.78 is 5.51. The Kier molecular flexibility index (Phi) is 3.51. The molecule has 0 fully saturated rings. The van der Waals surface area contributed by atoms with Gasteiger partial charge in [-0.1, -0.05) is 36.4 Å². The van der Waals surface area contributed by atoms with Gasteiger partial charge in [0.25, 0.3) is 0 Å². The van der Waals surface area contributed by atoms with E-state index in [1.807, 2.05) is 36.4 Å². The minimum absolute atomic E-state index is 0.0669. The first-order chi connectivity index (χ1) is 7.88. The number of nitrogens with zero attached hydrogens (tertiary/aromatic N) is 1. The van der Waals surface area contributed by atoms with E-state index in [2.05, 4.69) is 4.98 Å². The fourth-order valence-electron chi connectivity index (χ4n) is 1.36. The van der Waals surface area contributed by atoms with Crippen molar-refractivity contribution >= 4 is 0 Å². The third-order valence-electron chi connectivity index (χ3n) is 2.17. The van der Waals surface area contributed by atoms with Crippen LogP contribution in [0.2, 0.25) is 0 Å². The Hall–Kier alpha value is -1.87. The van der Waals surface area contributed by atoms with Crippen molar-refractivity contribution in [1.82, 2.24) is 4.98 Å². The molecular weight excluding hydrogens is 202 g/mol. The molecular formula is C13H13NO2. The Bertz CT molecular complexity index is 443. The molecule has 0 aliphatic heterocycles. The highest BCUT2D eigenvalue weighted by Crippen LogP contribution is 2.10. The minimum atomic E-state index is -0.0669. The van der Waals surface area contributed by atoms with Gasteiger partial charge in [0.1, 0.15) is 6.61 Å². The molecule has 0 bridgehead atoms. The molecule has 0 aliphatic rings. The summed E-state index contributed by atoms with van der Waals surface area (Å²) in [7, 11) is 0. The van der Waals surface area contributed by atoms with Crippen molar-refractivity contribution < 1.29 is 9.84 Å². The number of aromatic nitrogens is 1. The fraction of sp³-hybridized carbons (Fsp3) is 0.154. The minimum Gasteiger partial charge on any atom is -0.473 e. The SMILES string of the molecule is OCc1cccc(OCc2ccccc2)n1. The number of aliphatic hydroxyl groups is 1. The maximum atomic E-state index is 8.93.